The largest absolute Gasteiger partial charge is 0.390 e. The maximum absolute atomic E-state index is 10.6. The molecule has 90 valence electrons. The molecule has 1 aromatic heterocycles. The SMILES string of the molecule is CC1CCCC(O)(Cc2ccc(Cl)s2)CC1. The van der Waals surface area contributed by atoms with Crippen molar-refractivity contribution in [2.45, 2.75) is 51.0 Å². The highest BCUT2D eigenvalue weighted by Gasteiger charge is 2.30. The highest BCUT2D eigenvalue weighted by molar-refractivity contribution is 7.16. The molecule has 1 aliphatic carbocycles. The van der Waals surface area contributed by atoms with Crippen LogP contribution in [0.1, 0.15) is 43.9 Å². The Labute approximate surface area is 106 Å². The van der Waals surface area contributed by atoms with Gasteiger partial charge in [-0.1, -0.05) is 31.4 Å². The van der Waals surface area contributed by atoms with Crippen LogP contribution in [0, 0.1) is 5.92 Å². The van der Waals surface area contributed by atoms with Gasteiger partial charge < -0.3 is 5.11 Å². The van der Waals surface area contributed by atoms with Crippen LogP contribution in [-0.2, 0) is 6.42 Å². The quantitative estimate of drug-likeness (QED) is 0.786. The Morgan fingerprint density at radius 1 is 1.44 bits per heavy atom. The lowest BCUT2D eigenvalue weighted by Gasteiger charge is -2.26. The second-order valence-electron chi connectivity index (χ2n) is 5.14. The van der Waals surface area contributed by atoms with Crippen molar-refractivity contribution in [2.75, 3.05) is 0 Å². The van der Waals surface area contributed by atoms with Crippen molar-refractivity contribution < 1.29 is 5.11 Å². The molecule has 1 heterocycles. The summed E-state index contributed by atoms with van der Waals surface area (Å²) < 4.78 is 0.820. The summed E-state index contributed by atoms with van der Waals surface area (Å²) in [6.45, 7) is 2.29. The Morgan fingerprint density at radius 3 is 2.94 bits per heavy atom. The standard InChI is InChI=1S/C13H19ClOS/c1-10-3-2-7-13(15,8-6-10)9-11-4-5-12(14)16-11/h4-5,10,15H,2-3,6-9H2,1H3. The second kappa shape index (κ2) is 5.07. The van der Waals surface area contributed by atoms with Gasteiger partial charge in [0.25, 0.3) is 0 Å². The second-order valence-corrected chi connectivity index (χ2v) is 6.94. The van der Waals surface area contributed by atoms with Gasteiger partial charge in [-0.2, -0.15) is 0 Å². The number of hydrogen-bond donors (Lipinski definition) is 1. The van der Waals surface area contributed by atoms with E-state index in [1.807, 2.05) is 12.1 Å². The normalized spacial score (nSPS) is 31.3. The fourth-order valence-corrected chi connectivity index (χ4v) is 3.74. The summed E-state index contributed by atoms with van der Waals surface area (Å²) in [4.78, 5) is 1.21. The van der Waals surface area contributed by atoms with Crippen molar-refractivity contribution in [1.82, 2.24) is 0 Å². The van der Waals surface area contributed by atoms with Gasteiger partial charge in [-0.25, -0.2) is 0 Å². The van der Waals surface area contributed by atoms with E-state index in [4.69, 9.17) is 11.6 Å². The van der Waals surface area contributed by atoms with E-state index in [9.17, 15) is 5.11 Å². The summed E-state index contributed by atoms with van der Waals surface area (Å²) in [5.74, 6) is 0.765. The van der Waals surface area contributed by atoms with E-state index in [0.717, 1.165) is 42.4 Å². The first-order chi connectivity index (χ1) is 7.57. The van der Waals surface area contributed by atoms with E-state index in [1.165, 1.54) is 11.3 Å². The predicted molar refractivity (Wildman–Crippen MR) is 70.2 cm³/mol. The van der Waals surface area contributed by atoms with Crippen LogP contribution in [-0.4, -0.2) is 10.7 Å². The van der Waals surface area contributed by atoms with Gasteiger partial charge in [-0.15, -0.1) is 11.3 Å². The lowest BCUT2D eigenvalue weighted by Crippen LogP contribution is -2.30. The average molecular weight is 259 g/mol. The van der Waals surface area contributed by atoms with Crippen LogP contribution in [0.4, 0.5) is 0 Å². The third-order valence-electron chi connectivity index (χ3n) is 3.57. The van der Waals surface area contributed by atoms with E-state index in [2.05, 4.69) is 6.92 Å². The molecule has 1 nitrogen and oxygen atoms in total. The summed E-state index contributed by atoms with van der Waals surface area (Å²) in [7, 11) is 0. The maximum atomic E-state index is 10.6. The van der Waals surface area contributed by atoms with Gasteiger partial charge in [0.1, 0.15) is 0 Å². The average Bonchev–Trinajstić information content (AvgIpc) is 2.53. The third-order valence-corrected chi connectivity index (χ3v) is 4.80. The molecule has 0 radical (unpaired) electrons. The number of aliphatic hydroxyl groups is 1. The minimum absolute atomic E-state index is 0.487. The van der Waals surface area contributed by atoms with Crippen molar-refractivity contribution in [3.63, 3.8) is 0 Å². The molecule has 0 spiro atoms. The van der Waals surface area contributed by atoms with E-state index in [0.29, 0.717) is 0 Å². The Balaban J connectivity index is 2.01. The van der Waals surface area contributed by atoms with Crippen LogP contribution in [0.15, 0.2) is 12.1 Å². The topological polar surface area (TPSA) is 20.2 Å². The van der Waals surface area contributed by atoms with E-state index in [-0.39, 0.29) is 0 Å². The zero-order chi connectivity index (χ0) is 11.6. The third kappa shape index (κ3) is 3.22. The van der Waals surface area contributed by atoms with Crippen LogP contribution >= 0.6 is 22.9 Å². The minimum Gasteiger partial charge on any atom is -0.390 e. The van der Waals surface area contributed by atoms with Crippen LogP contribution < -0.4 is 0 Å². The van der Waals surface area contributed by atoms with Crippen molar-refractivity contribution in [3.05, 3.63) is 21.3 Å². The number of thiophene rings is 1. The molecule has 1 N–H and O–H groups in total. The fourth-order valence-electron chi connectivity index (χ4n) is 2.51. The highest BCUT2D eigenvalue weighted by Crippen LogP contribution is 2.34. The summed E-state index contributed by atoms with van der Waals surface area (Å²) >= 11 is 7.51. The van der Waals surface area contributed by atoms with Gasteiger partial charge in [-0.05, 0) is 37.3 Å². The summed E-state index contributed by atoms with van der Waals surface area (Å²) in [6.07, 6.45) is 6.20. The smallest absolute Gasteiger partial charge is 0.0931 e. The molecule has 2 rings (SSSR count). The van der Waals surface area contributed by atoms with Gasteiger partial charge in [0.15, 0.2) is 0 Å². The first-order valence-electron chi connectivity index (χ1n) is 6.04. The minimum atomic E-state index is -0.487. The molecule has 0 saturated heterocycles. The van der Waals surface area contributed by atoms with Crippen molar-refractivity contribution in [1.29, 1.82) is 0 Å². The van der Waals surface area contributed by atoms with Crippen LogP contribution in [0.5, 0.6) is 0 Å². The van der Waals surface area contributed by atoms with Gasteiger partial charge in [-0.3, -0.25) is 0 Å². The molecule has 3 heteroatoms. The number of halogens is 1. The molecule has 0 bridgehead atoms. The molecule has 16 heavy (non-hydrogen) atoms. The predicted octanol–water partition coefficient (Wildman–Crippen LogP) is 4.28. The maximum Gasteiger partial charge on any atom is 0.0931 e. The van der Waals surface area contributed by atoms with Crippen LogP contribution in [0.25, 0.3) is 0 Å². The molecule has 0 amide bonds. The number of rotatable bonds is 2. The Morgan fingerprint density at radius 2 is 2.25 bits per heavy atom. The molecule has 2 unspecified atom stereocenters. The van der Waals surface area contributed by atoms with Crippen molar-refractivity contribution in [2.24, 2.45) is 5.92 Å². The zero-order valence-corrected chi connectivity index (χ0v) is 11.3. The highest BCUT2D eigenvalue weighted by atomic mass is 35.5. The van der Waals surface area contributed by atoms with Gasteiger partial charge in [0.2, 0.25) is 0 Å². The summed E-state index contributed by atoms with van der Waals surface area (Å²) in [6, 6.07) is 3.96. The van der Waals surface area contributed by atoms with Gasteiger partial charge in [0, 0.05) is 11.3 Å². The molecule has 1 saturated carbocycles. The lowest BCUT2D eigenvalue weighted by atomic mass is 9.90. The van der Waals surface area contributed by atoms with Gasteiger partial charge >= 0.3 is 0 Å². The first kappa shape index (κ1) is 12.4. The van der Waals surface area contributed by atoms with E-state index < -0.39 is 5.60 Å². The molecular formula is C13H19ClOS. The summed E-state index contributed by atoms with van der Waals surface area (Å²) in [5.41, 5.74) is -0.487. The van der Waals surface area contributed by atoms with Crippen LogP contribution in [0.3, 0.4) is 0 Å². The molecule has 1 fully saturated rings. The van der Waals surface area contributed by atoms with Gasteiger partial charge in [0.05, 0.1) is 9.94 Å². The van der Waals surface area contributed by atoms with Crippen molar-refractivity contribution in [3.8, 4) is 0 Å². The van der Waals surface area contributed by atoms with Crippen molar-refractivity contribution >= 4 is 22.9 Å². The summed E-state index contributed by atoms with van der Waals surface area (Å²) in [5, 5.41) is 10.6. The lowest BCUT2D eigenvalue weighted by molar-refractivity contribution is 0.0251. The Kier molecular flexibility index (Phi) is 3.93. The molecule has 0 aliphatic heterocycles. The Hall–Kier alpha value is -0.0500. The van der Waals surface area contributed by atoms with E-state index >= 15 is 0 Å². The number of hydrogen-bond acceptors (Lipinski definition) is 2. The molecule has 1 aromatic rings. The molecular weight excluding hydrogens is 240 g/mol. The zero-order valence-electron chi connectivity index (χ0n) is 9.71. The van der Waals surface area contributed by atoms with Crippen LogP contribution in [0.2, 0.25) is 4.34 Å². The Bertz CT molecular complexity index is 349. The first-order valence-corrected chi connectivity index (χ1v) is 7.23. The fraction of sp³-hybridized carbons (Fsp3) is 0.692. The van der Waals surface area contributed by atoms with E-state index in [1.54, 1.807) is 11.3 Å². The molecule has 0 aromatic carbocycles. The molecule has 2 atom stereocenters. The monoisotopic (exact) mass is 258 g/mol. The molecule has 1 aliphatic rings.